The molecule has 0 spiro atoms. The molecule has 1 aromatic carbocycles. The van der Waals surface area contributed by atoms with Gasteiger partial charge < -0.3 is 14.7 Å². The molecule has 4 nitrogen and oxygen atoms in total. The van der Waals surface area contributed by atoms with Crippen molar-refractivity contribution in [2.45, 2.75) is 95.2 Å². The molecule has 2 bridgehead atoms. The van der Waals surface area contributed by atoms with E-state index in [4.69, 9.17) is 4.74 Å². The van der Waals surface area contributed by atoms with Gasteiger partial charge in [0.25, 0.3) is 0 Å². The predicted molar refractivity (Wildman–Crippen MR) is 127 cm³/mol. The molecule has 3 rings (SSSR count). The highest BCUT2D eigenvalue weighted by molar-refractivity contribution is 9.09. The Labute approximate surface area is 191 Å². The smallest absolute Gasteiger partial charge is 0.316 e. The number of alkyl halides is 1. The Morgan fingerprint density at radius 3 is 2.27 bits per heavy atom. The van der Waals surface area contributed by atoms with Crippen LogP contribution in [0.1, 0.15) is 82.6 Å². The molecule has 2 unspecified atom stereocenters. The standard InChI is InChI=1S/C17H23NO3.C8H17Br/c1-18-13-7-8-14(18)10-15(9-13)21-17(20)16(11-19)12-5-3-2-4-6-12;1-2-3-4-5-6-7-8-9/h2-6,13-16,19H,7-11H2,1H3;2-8H2,1H3/t13-,14+,15?,16?;. The summed E-state index contributed by atoms with van der Waals surface area (Å²) in [5, 5.41) is 10.7. The lowest BCUT2D eigenvalue weighted by Gasteiger charge is -2.36. The average molecular weight is 483 g/mol. The van der Waals surface area contributed by atoms with Crippen LogP contribution in [0.3, 0.4) is 0 Å². The van der Waals surface area contributed by atoms with Gasteiger partial charge in [-0.3, -0.25) is 4.79 Å². The fourth-order valence-corrected chi connectivity index (χ4v) is 4.98. The maximum Gasteiger partial charge on any atom is 0.316 e. The lowest BCUT2D eigenvalue weighted by molar-refractivity contribution is -0.155. The minimum atomic E-state index is -0.566. The zero-order chi connectivity index (χ0) is 21.8. The third-order valence-electron chi connectivity index (χ3n) is 6.49. The molecule has 2 aliphatic rings. The van der Waals surface area contributed by atoms with E-state index in [1.165, 1.54) is 56.7 Å². The van der Waals surface area contributed by atoms with Gasteiger partial charge in [0.15, 0.2) is 0 Å². The number of carbonyl (C=O) groups excluding carboxylic acids is 1. The van der Waals surface area contributed by atoms with Gasteiger partial charge in [-0.05, 0) is 44.7 Å². The Bertz CT molecular complexity index is 577. The first-order chi connectivity index (χ1) is 14.6. The van der Waals surface area contributed by atoms with Crippen LogP contribution in [-0.2, 0) is 9.53 Å². The number of esters is 1. The molecule has 0 saturated carbocycles. The molecular formula is C25H40BrNO3. The zero-order valence-corrected chi connectivity index (χ0v) is 20.4. The Morgan fingerprint density at radius 1 is 1.10 bits per heavy atom. The van der Waals surface area contributed by atoms with E-state index in [9.17, 15) is 9.90 Å². The van der Waals surface area contributed by atoms with Crippen molar-refractivity contribution >= 4 is 21.9 Å². The molecule has 1 N–H and O–H groups in total. The first-order valence-electron chi connectivity index (χ1n) is 11.7. The highest BCUT2D eigenvalue weighted by Crippen LogP contribution is 2.36. The number of halogens is 1. The fourth-order valence-electron chi connectivity index (χ4n) is 4.58. The summed E-state index contributed by atoms with van der Waals surface area (Å²) < 4.78 is 5.70. The van der Waals surface area contributed by atoms with Crippen LogP contribution in [0.15, 0.2) is 30.3 Å². The molecule has 0 radical (unpaired) electrons. The monoisotopic (exact) mass is 481 g/mol. The van der Waals surface area contributed by atoms with Gasteiger partial charge in [0.2, 0.25) is 0 Å². The summed E-state index contributed by atoms with van der Waals surface area (Å²) in [5.41, 5.74) is 0.820. The lowest BCUT2D eigenvalue weighted by Crippen LogP contribution is -2.43. The first kappa shape index (κ1) is 25.4. The lowest BCUT2D eigenvalue weighted by atomic mass is 9.98. The number of aliphatic hydroxyl groups excluding tert-OH is 1. The van der Waals surface area contributed by atoms with Crippen molar-refractivity contribution in [3.05, 3.63) is 35.9 Å². The van der Waals surface area contributed by atoms with E-state index in [2.05, 4.69) is 34.8 Å². The van der Waals surface area contributed by atoms with E-state index in [1.807, 2.05) is 30.3 Å². The Morgan fingerprint density at radius 2 is 1.70 bits per heavy atom. The van der Waals surface area contributed by atoms with Crippen molar-refractivity contribution in [1.82, 2.24) is 4.90 Å². The topological polar surface area (TPSA) is 49.8 Å². The Kier molecular flexibility index (Phi) is 12.0. The van der Waals surface area contributed by atoms with E-state index >= 15 is 0 Å². The molecule has 0 amide bonds. The zero-order valence-electron chi connectivity index (χ0n) is 18.8. The summed E-state index contributed by atoms with van der Waals surface area (Å²) in [7, 11) is 2.17. The van der Waals surface area contributed by atoms with Gasteiger partial charge in [0, 0.05) is 17.4 Å². The number of rotatable bonds is 10. The number of unbranched alkanes of at least 4 members (excludes halogenated alkanes) is 5. The van der Waals surface area contributed by atoms with Crippen LogP contribution in [0.25, 0.3) is 0 Å². The van der Waals surface area contributed by atoms with E-state index < -0.39 is 5.92 Å². The number of carbonyl (C=O) groups is 1. The van der Waals surface area contributed by atoms with E-state index in [-0.39, 0.29) is 18.7 Å². The molecule has 4 atom stereocenters. The average Bonchev–Trinajstić information content (AvgIpc) is 2.96. The van der Waals surface area contributed by atoms with Gasteiger partial charge in [-0.1, -0.05) is 85.3 Å². The van der Waals surface area contributed by atoms with Crippen molar-refractivity contribution in [3.63, 3.8) is 0 Å². The third kappa shape index (κ3) is 7.97. The van der Waals surface area contributed by atoms with Crippen LogP contribution >= 0.6 is 15.9 Å². The summed E-state index contributed by atoms with van der Waals surface area (Å²) in [5.74, 6) is -0.860. The second kappa shape index (κ2) is 14.2. The van der Waals surface area contributed by atoms with Crippen molar-refractivity contribution in [2.75, 3.05) is 19.0 Å². The molecule has 170 valence electrons. The second-order valence-electron chi connectivity index (χ2n) is 8.68. The maximum absolute atomic E-state index is 12.4. The summed E-state index contributed by atoms with van der Waals surface area (Å²) in [6, 6.07) is 10.5. The number of aliphatic hydroxyl groups is 1. The predicted octanol–water partition coefficient (Wildman–Crippen LogP) is 5.67. The quantitative estimate of drug-likeness (QED) is 0.265. The van der Waals surface area contributed by atoms with Crippen LogP contribution < -0.4 is 0 Å². The molecule has 2 saturated heterocycles. The van der Waals surface area contributed by atoms with Crippen molar-refractivity contribution in [3.8, 4) is 0 Å². The molecule has 0 aliphatic carbocycles. The van der Waals surface area contributed by atoms with Gasteiger partial charge in [0.1, 0.15) is 12.0 Å². The van der Waals surface area contributed by atoms with Crippen LogP contribution in [-0.4, -0.2) is 53.1 Å². The maximum atomic E-state index is 12.4. The number of fused-ring (bicyclic) bond motifs is 2. The number of nitrogens with zero attached hydrogens (tertiary/aromatic N) is 1. The second-order valence-corrected chi connectivity index (χ2v) is 9.48. The Hall–Kier alpha value is -0.910. The van der Waals surface area contributed by atoms with Gasteiger partial charge >= 0.3 is 5.97 Å². The summed E-state index contributed by atoms with van der Waals surface area (Å²) >= 11 is 3.42. The van der Waals surface area contributed by atoms with Crippen molar-refractivity contribution in [2.24, 2.45) is 0 Å². The summed E-state index contributed by atoms with van der Waals surface area (Å²) in [6.45, 7) is 2.05. The van der Waals surface area contributed by atoms with Gasteiger partial charge in [-0.15, -0.1) is 0 Å². The van der Waals surface area contributed by atoms with E-state index in [0.717, 1.165) is 18.4 Å². The minimum absolute atomic E-state index is 0.00367. The molecule has 2 fully saturated rings. The largest absolute Gasteiger partial charge is 0.462 e. The number of ether oxygens (including phenoxy) is 1. The molecule has 2 heterocycles. The molecule has 0 aromatic heterocycles. The minimum Gasteiger partial charge on any atom is -0.462 e. The van der Waals surface area contributed by atoms with Crippen LogP contribution in [0.2, 0.25) is 0 Å². The highest BCUT2D eigenvalue weighted by atomic mass is 79.9. The van der Waals surface area contributed by atoms with E-state index in [1.54, 1.807) is 0 Å². The number of piperidine rings is 1. The summed E-state index contributed by atoms with van der Waals surface area (Å²) in [4.78, 5) is 14.8. The van der Waals surface area contributed by atoms with Crippen LogP contribution in [0.5, 0.6) is 0 Å². The Balaban J connectivity index is 0.000000303. The third-order valence-corrected chi connectivity index (χ3v) is 7.05. The molecule has 5 heteroatoms. The van der Waals surface area contributed by atoms with Gasteiger partial charge in [0.05, 0.1) is 6.61 Å². The summed E-state index contributed by atoms with van der Waals surface area (Å²) in [6.07, 6.45) is 12.7. The molecule has 30 heavy (non-hydrogen) atoms. The van der Waals surface area contributed by atoms with Crippen molar-refractivity contribution in [1.29, 1.82) is 0 Å². The van der Waals surface area contributed by atoms with Crippen molar-refractivity contribution < 1.29 is 14.6 Å². The fraction of sp³-hybridized carbons (Fsp3) is 0.720. The normalized spacial score (nSPS) is 24.1. The number of hydrogen-bond donors (Lipinski definition) is 1. The molecular weight excluding hydrogens is 442 g/mol. The van der Waals surface area contributed by atoms with Gasteiger partial charge in [-0.25, -0.2) is 0 Å². The molecule has 2 aliphatic heterocycles. The first-order valence-corrected chi connectivity index (χ1v) is 12.9. The highest BCUT2D eigenvalue weighted by Gasteiger charge is 2.40. The van der Waals surface area contributed by atoms with Gasteiger partial charge in [-0.2, -0.15) is 0 Å². The SMILES string of the molecule is CCCCCCCCBr.CN1[C@@H]2CC[C@H]1CC(OC(=O)C(CO)c1ccccc1)C2. The molecule has 1 aromatic rings. The number of benzene rings is 1. The van der Waals surface area contributed by atoms with Crippen LogP contribution in [0.4, 0.5) is 0 Å². The van der Waals surface area contributed by atoms with E-state index in [0.29, 0.717) is 12.1 Å². The number of hydrogen-bond acceptors (Lipinski definition) is 4. The van der Waals surface area contributed by atoms with Crippen LogP contribution in [0, 0.1) is 0 Å².